The number of benzene rings is 1. The van der Waals surface area contributed by atoms with E-state index in [-0.39, 0.29) is 10.5 Å². The van der Waals surface area contributed by atoms with Crippen molar-refractivity contribution >= 4 is 10.0 Å². The van der Waals surface area contributed by atoms with E-state index in [0.717, 1.165) is 0 Å². The van der Waals surface area contributed by atoms with Crippen LogP contribution in [0.25, 0.3) is 0 Å². The van der Waals surface area contributed by atoms with Crippen molar-refractivity contribution in [2.75, 3.05) is 6.61 Å². The number of primary sulfonamides is 1. The van der Waals surface area contributed by atoms with Crippen LogP contribution in [0.5, 0.6) is 0 Å². The zero-order chi connectivity index (χ0) is 12.2. The molecule has 0 saturated heterocycles. The summed E-state index contributed by atoms with van der Waals surface area (Å²) in [7, 11) is -3.84. The van der Waals surface area contributed by atoms with Crippen LogP contribution >= 0.6 is 0 Å². The second-order valence-electron chi connectivity index (χ2n) is 3.05. The highest BCUT2D eigenvalue weighted by molar-refractivity contribution is 7.89. The van der Waals surface area contributed by atoms with E-state index in [0.29, 0.717) is 6.61 Å². The van der Waals surface area contributed by atoms with Crippen LogP contribution in [-0.2, 0) is 14.8 Å². The molecule has 0 aliphatic heterocycles. The average molecular weight is 240 g/mol. The van der Waals surface area contributed by atoms with Gasteiger partial charge in [-0.1, -0.05) is 18.2 Å². The molecule has 16 heavy (non-hydrogen) atoms. The Bertz CT molecular complexity index is 505. The Kier molecular flexibility index (Phi) is 4.01. The van der Waals surface area contributed by atoms with Gasteiger partial charge in [0.25, 0.3) is 0 Å². The number of hydrogen-bond acceptors (Lipinski definition) is 4. The van der Waals surface area contributed by atoms with E-state index in [1.807, 2.05) is 6.07 Å². The highest BCUT2D eigenvalue weighted by Gasteiger charge is 2.20. The quantitative estimate of drug-likeness (QED) is 0.847. The van der Waals surface area contributed by atoms with Gasteiger partial charge in [0.05, 0.1) is 11.0 Å². The summed E-state index contributed by atoms with van der Waals surface area (Å²) in [6, 6.07) is 7.94. The molecule has 0 bridgehead atoms. The zero-order valence-electron chi connectivity index (χ0n) is 8.75. The molecule has 1 aromatic carbocycles. The summed E-state index contributed by atoms with van der Waals surface area (Å²) in [4.78, 5) is -0.0741. The smallest absolute Gasteiger partial charge is 0.238 e. The largest absolute Gasteiger partial charge is 0.359 e. The fourth-order valence-electron chi connectivity index (χ4n) is 1.32. The molecule has 0 spiro atoms. The fraction of sp³-hybridized carbons (Fsp3) is 0.300. The molecule has 5 nitrogen and oxygen atoms in total. The molecule has 0 fully saturated rings. The normalized spacial score (nSPS) is 13.1. The minimum atomic E-state index is -3.84. The molecule has 1 rings (SSSR count). The summed E-state index contributed by atoms with van der Waals surface area (Å²) in [5.41, 5.74) is 0.273. The highest BCUT2D eigenvalue weighted by atomic mass is 32.2. The molecule has 0 radical (unpaired) electrons. The molecular formula is C10H12N2O3S. The van der Waals surface area contributed by atoms with Crippen molar-refractivity contribution in [1.82, 2.24) is 0 Å². The summed E-state index contributed by atoms with van der Waals surface area (Å²) in [5.74, 6) is 0. The third-order valence-corrected chi connectivity index (χ3v) is 2.94. The molecular weight excluding hydrogens is 228 g/mol. The summed E-state index contributed by atoms with van der Waals surface area (Å²) >= 11 is 0. The lowest BCUT2D eigenvalue weighted by atomic mass is 10.1. The number of nitriles is 1. The van der Waals surface area contributed by atoms with Crippen LogP contribution in [0.4, 0.5) is 0 Å². The maximum atomic E-state index is 11.3. The van der Waals surface area contributed by atoms with Crippen molar-refractivity contribution in [2.24, 2.45) is 5.14 Å². The second-order valence-corrected chi connectivity index (χ2v) is 4.58. The molecule has 86 valence electrons. The van der Waals surface area contributed by atoms with E-state index in [2.05, 4.69) is 0 Å². The van der Waals surface area contributed by atoms with Gasteiger partial charge in [-0.25, -0.2) is 13.6 Å². The average Bonchev–Trinajstić information content (AvgIpc) is 2.25. The number of sulfonamides is 1. The predicted octanol–water partition coefficient (Wildman–Crippen LogP) is 0.935. The van der Waals surface area contributed by atoms with Crippen molar-refractivity contribution in [3.05, 3.63) is 29.8 Å². The van der Waals surface area contributed by atoms with Gasteiger partial charge in [-0.3, -0.25) is 0 Å². The first-order valence-electron chi connectivity index (χ1n) is 4.63. The minimum Gasteiger partial charge on any atom is -0.359 e. The summed E-state index contributed by atoms with van der Waals surface area (Å²) in [6.07, 6.45) is -0.917. The topological polar surface area (TPSA) is 93.2 Å². The lowest BCUT2D eigenvalue weighted by Crippen LogP contribution is -2.16. The van der Waals surface area contributed by atoms with Crippen LogP contribution in [-0.4, -0.2) is 15.0 Å². The van der Waals surface area contributed by atoms with Gasteiger partial charge in [0.1, 0.15) is 0 Å². The van der Waals surface area contributed by atoms with Crippen molar-refractivity contribution in [1.29, 1.82) is 5.26 Å². The molecule has 0 amide bonds. The summed E-state index contributed by atoms with van der Waals surface area (Å²) in [5, 5.41) is 13.9. The van der Waals surface area contributed by atoms with Crippen molar-refractivity contribution in [3.63, 3.8) is 0 Å². The van der Waals surface area contributed by atoms with E-state index < -0.39 is 16.1 Å². The molecule has 1 aromatic rings. The van der Waals surface area contributed by atoms with Crippen molar-refractivity contribution < 1.29 is 13.2 Å². The first-order chi connectivity index (χ1) is 7.50. The third-order valence-electron chi connectivity index (χ3n) is 1.96. The SMILES string of the molecule is CCOC(C#N)c1ccccc1S(N)(=O)=O. The molecule has 0 saturated carbocycles. The van der Waals surface area contributed by atoms with Crippen LogP contribution in [0.1, 0.15) is 18.6 Å². The first-order valence-corrected chi connectivity index (χ1v) is 6.18. The van der Waals surface area contributed by atoms with Gasteiger partial charge in [0.15, 0.2) is 6.10 Å². The zero-order valence-corrected chi connectivity index (χ0v) is 9.57. The van der Waals surface area contributed by atoms with Crippen LogP contribution < -0.4 is 5.14 Å². The molecule has 0 aromatic heterocycles. The molecule has 6 heteroatoms. The van der Waals surface area contributed by atoms with Crippen LogP contribution in [0.2, 0.25) is 0 Å². The lowest BCUT2D eigenvalue weighted by Gasteiger charge is -2.12. The Morgan fingerprint density at radius 3 is 2.62 bits per heavy atom. The standard InChI is InChI=1S/C10H12N2O3S/c1-2-15-9(7-11)8-5-3-4-6-10(8)16(12,13)14/h3-6,9H,2H2,1H3,(H2,12,13,14). The van der Waals surface area contributed by atoms with Gasteiger partial charge in [0.2, 0.25) is 10.0 Å². The van der Waals surface area contributed by atoms with E-state index in [9.17, 15) is 8.42 Å². The van der Waals surface area contributed by atoms with Gasteiger partial charge < -0.3 is 4.74 Å². The molecule has 2 N–H and O–H groups in total. The number of nitrogens with zero attached hydrogens (tertiary/aromatic N) is 1. The number of rotatable bonds is 4. The Balaban J connectivity index is 3.29. The monoisotopic (exact) mass is 240 g/mol. The van der Waals surface area contributed by atoms with Crippen molar-refractivity contribution in [3.8, 4) is 6.07 Å². The predicted molar refractivity (Wildman–Crippen MR) is 57.8 cm³/mol. The van der Waals surface area contributed by atoms with E-state index in [4.69, 9.17) is 15.1 Å². The highest BCUT2D eigenvalue weighted by Crippen LogP contribution is 2.23. The van der Waals surface area contributed by atoms with Gasteiger partial charge in [-0.05, 0) is 13.0 Å². The number of ether oxygens (including phenoxy) is 1. The van der Waals surface area contributed by atoms with Crippen LogP contribution in [0, 0.1) is 11.3 Å². The van der Waals surface area contributed by atoms with Gasteiger partial charge >= 0.3 is 0 Å². The molecule has 0 heterocycles. The van der Waals surface area contributed by atoms with E-state index in [1.165, 1.54) is 12.1 Å². The lowest BCUT2D eigenvalue weighted by molar-refractivity contribution is 0.100. The Morgan fingerprint density at radius 2 is 2.12 bits per heavy atom. The number of nitrogens with two attached hydrogens (primary N) is 1. The Labute approximate surface area is 94.5 Å². The summed E-state index contributed by atoms with van der Waals surface area (Å²) < 4.78 is 27.7. The molecule has 0 aliphatic carbocycles. The van der Waals surface area contributed by atoms with Gasteiger partial charge in [-0.15, -0.1) is 0 Å². The molecule has 0 aliphatic rings. The molecule has 1 unspecified atom stereocenters. The maximum Gasteiger partial charge on any atom is 0.238 e. The van der Waals surface area contributed by atoms with Gasteiger partial charge in [-0.2, -0.15) is 5.26 Å². The first kappa shape index (κ1) is 12.6. The van der Waals surface area contributed by atoms with Crippen molar-refractivity contribution in [2.45, 2.75) is 17.9 Å². The molecule has 1 atom stereocenters. The second kappa shape index (κ2) is 5.07. The fourth-order valence-corrected chi connectivity index (χ4v) is 2.09. The third kappa shape index (κ3) is 2.79. The number of hydrogen-bond donors (Lipinski definition) is 1. The van der Waals surface area contributed by atoms with E-state index in [1.54, 1.807) is 19.1 Å². The maximum absolute atomic E-state index is 11.3. The Hall–Kier alpha value is -1.42. The summed E-state index contributed by atoms with van der Waals surface area (Å²) in [6.45, 7) is 2.04. The van der Waals surface area contributed by atoms with E-state index >= 15 is 0 Å². The minimum absolute atomic E-state index is 0.0741. The van der Waals surface area contributed by atoms with Crippen LogP contribution in [0.3, 0.4) is 0 Å². The van der Waals surface area contributed by atoms with Gasteiger partial charge in [0, 0.05) is 12.2 Å². The van der Waals surface area contributed by atoms with Crippen LogP contribution in [0.15, 0.2) is 29.2 Å². The Morgan fingerprint density at radius 1 is 1.50 bits per heavy atom.